The lowest BCUT2D eigenvalue weighted by Gasteiger charge is -2.44. The van der Waals surface area contributed by atoms with Crippen LogP contribution in [0, 0.1) is 0 Å². The Kier molecular flexibility index (Phi) is 4.64. The first-order valence-electron chi connectivity index (χ1n) is 9.49. The lowest BCUT2D eigenvalue weighted by atomic mass is 9.85. The molecule has 1 saturated heterocycles. The molecule has 0 amide bonds. The fourth-order valence-corrected chi connectivity index (χ4v) is 5.31. The Labute approximate surface area is 170 Å². The first kappa shape index (κ1) is 18.7. The van der Waals surface area contributed by atoms with Crippen molar-refractivity contribution in [3.63, 3.8) is 0 Å². The Hall–Kier alpha value is -2.29. The van der Waals surface area contributed by atoms with Crippen LogP contribution < -0.4 is 0 Å². The fourth-order valence-electron chi connectivity index (χ4n) is 4.22. The number of aliphatic hydroxyl groups is 3. The van der Waals surface area contributed by atoms with Gasteiger partial charge in [-0.25, -0.2) is 4.79 Å². The van der Waals surface area contributed by atoms with E-state index in [1.165, 1.54) is 10.1 Å². The highest BCUT2D eigenvalue weighted by molar-refractivity contribution is 7.19. The average Bonchev–Trinajstić information content (AvgIpc) is 3.13. The molecular weight excluding hydrogens is 392 g/mol. The van der Waals surface area contributed by atoms with Crippen molar-refractivity contribution in [2.75, 3.05) is 6.61 Å². The summed E-state index contributed by atoms with van der Waals surface area (Å²) in [6.45, 7) is -0.438. The minimum absolute atomic E-state index is 0.437. The highest BCUT2D eigenvalue weighted by atomic mass is 32.1. The summed E-state index contributed by atoms with van der Waals surface area (Å²) in [4.78, 5) is 13.9. The lowest BCUT2D eigenvalue weighted by molar-refractivity contribution is -0.234. The van der Waals surface area contributed by atoms with Crippen LogP contribution in [0.2, 0.25) is 0 Å². The number of hydrogen-bond acceptors (Lipinski definition) is 7. The Balaban J connectivity index is 1.53. The summed E-state index contributed by atoms with van der Waals surface area (Å²) in [6.07, 6.45) is -4.76. The number of carbonyl (C=O) groups excluding carboxylic acids is 1. The van der Waals surface area contributed by atoms with Gasteiger partial charge in [-0.1, -0.05) is 36.4 Å². The second-order valence-corrected chi connectivity index (χ2v) is 8.61. The van der Waals surface area contributed by atoms with E-state index in [0.717, 1.165) is 10.4 Å². The van der Waals surface area contributed by atoms with E-state index < -0.39 is 43.1 Å². The number of benzene rings is 2. The second-order valence-electron chi connectivity index (χ2n) is 7.44. The molecule has 1 aromatic heterocycles. The molecule has 3 heterocycles. The molecule has 0 spiro atoms. The predicted octanol–water partition coefficient (Wildman–Crippen LogP) is 2.19. The Morgan fingerprint density at radius 1 is 1.03 bits per heavy atom. The van der Waals surface area contributed by atoms with Gasteiger partial charge >= 0.3 is 5.97 Å². The molecule has 3 aromatic rings. The van der Waals surface area contributed by atoms with E-state index in [9.17, 15) is 20.1 Å². The van der Waals surface area contributed by atoms with Crippen LogP contribution in [-0.4, -0.2) is 52.3 Å². The van der Waals surface area contributed by atoms with Gasteiger partial charge in [0.05, 0.1) is 12.2 Å². The van der Waals surface area contributed by atoms with Gasteiger partial charge in [0, 0.05) is 16.0 Å². The molecule has 0 saturated carbocycles. The second kappa shape index (κ2) is 7.19. The quantitative estimate of drug-likeness (QED) is 0.571. The van der Waals surface area contributed by atoms with Crippen LogP contribution in [-0.2, 0) is 15.9 Å². The molecule has 7 heteroatoms. The first-order chi connectivity index (χ1) is 14.1. The molecule has 5 atom stereocenters. The van der Waals surface area contributed by atoms with Gasteiger partial charge in [-0.3, -0.25) is 0 Å². The summed E-state index contributed by atoms with van der Waals surface area (Å²) in [5.74, 6) is -0.532. The standard InChI is InChI=1S/C22H20O6S/c23-10-15-18(24)19(25)21-20(27-15)14-6-3-5-12(17(14)22(26)28-21)9-13-8-11-4-1-2-7-16(11)29-13/h1-8,15,18-21,23-25H,9-10H2/t15?,18-,19?,20?,21-/m1/s1. The maximum atomic E-state index is 12.8. The van der Waals surface area contributed by atoms with E-state index in [-0.39, 0.29) is 0 Å². The van der Waals surface area contributed by atoms with Crippen LogP contribution in [0.3, 0.4) is 0 Å². The van der Waals surface area contributed by atoms with Gasteiger partial charge in [-0.05, 0) is 28.6 Å². The normalized spacial score (nSPS) is 28.7. The Morgan fingerprint density at radius 3 is 2.66 bits per heavy atom. The summed E-state index contributed by atoms with van der Waals surface area (Å²) in [5.41, 5.74) is 1.88. The summed E-state index contributed by atoms with van der Waals surface area (Å²) in [7, 11) is 0. The maximum Gasteiger partial charge on any atom is 0.339 e. The van der Waals surface area contributed by atoms with Crippen molar-refractivity contribution in [2.45, 2.75) is 36.9 Å². The Morgan fingerprint density at radius 2 is 1.86 bits per heavy atom. The number of rotatable bonds is 3. The van der Waals surface area contributed by atoms with E-state index in [2.05, 4.69) is 18.2 Å². The van der Waals surface area contributed by atoms with Crippen molar-refractivity contribution in [2.24, 2.45) is 0 Å². The van der Waals surface area contributed by atoms with Crippen molar-refractivity contribution in [3.8, 4) is 0 Å². The minimum Gasteiger partial charge on any atom is -0.453 e. The van der Waals surface area contributed by atoms with E-state index >= 15 is 0 Å². The number of esters is 1. The van der Waals surface area contributed by atoms with Crippen LogP contribution in [0.15, 0.2) is 48.5 Å². The lowest BCUT2D eigenvalue weighted by Crippen LogP contribution is -2.58. The van der Waals surface area contributed by atoms with E-state index in [1.807, 2.05) is 24.3 Å². The molecule has 3 unspecified atom stereocenters. The summed E-state index contributed by atoms with van der Waals surface area (Å²) >= 11 is 1.68. The van der Waals surface area contributed by atoms with Crippen molar-refractivity contribution >= 4 is 27.4 Å². The molecule has 2 aliphatic rings. The van der Waals surface area contributed by atoms with Crippen LogP contribution in [0.25, 0.3) is 10.1 Å². The Bertz CT molecular complexity index is 1040. The van der Waals surface area contributed by atoms with Gasteiger partial charge in [-0.15, -0.1) is 11.3 Å². The van der Waals surface area contributed by atoms with Crippen molar-refractivity contribution in [3.05, 3.63) is 70.1 Å². The molecule has 5 rings (SSSR count). The molecule has 3 N–H and O–H groups in total. The fraction of sp³-hybridized carbons (Fsp3) is 0.318. The number of ether oxygens (including phenoxy) is 2. The molecular formula is C22H20O6S. The zero-order valence-electron chi connectivity index (χ0n) is 15.4. The maximum absolute atomic E-state index is 12.8. The van der Waals surface area contributed by atoms with Gasteiger partial charge in [-0.2, -0.15) is 0 Å². The molecule has 150 valence electrons. The van der Waals surface area contributed by atoms with Crippen LogP contribution in [0.1, 0.15) is 32.5 Å². The first-order valence-corrected chi connectivity index (χ1v) is 10.3. The van der Waals surface area contributed by atoms with Crippen molar-refractivity contribution in [1.29, 1.82) is 0 Å². The van der Waals surface area contributed by atoms with E-state index in [0.29, 0.717) is 17.5 Å². The molecule has 0 radical (unpaired) electrons. The topological polar surface area (TPSA) is 96.2 Å². The largest absolute Gasteiger partial charge is 0.453 e. The molecule has 2 aliphatic heterocycles. The summed E-state index contributed by atoms with van der Waals surface area (Å²) in [6, 6.07) is 15.8. The zero-order valence-corrected chi connectivity index (χ0v) is 16.2. The third-order valence-corrected chi connectivity index (χ3v) is 6.76. The van der Waals surface area contributed by atoms with Crippen LogP contribution in [0.5, 0.6) is 0 Å². The van der Waals surface area contributed by atoms with Gasteiger partial charge in [0.25, 0.3) is 0 Å². The van der Waals surface area contributed by atoms with Gasteiger partial charge in [0.15, 0.2) is 6.10 Å². The number of carbonyl (C=O) groups is 1. The highest BCUT2D eigenvalue weighted by Gasteiger charge is 2.50. The number of thiophene rings is 1. The van der Waals surface area contributed by atoms with E-state index in [1.54, 1.807) is 17.4 Å². The highest BCUT2D eigenvalue weighted by Crippen LogP contribution is 2.41. The van der Waals surface area contributed by atoms with E-state index in [4.69, 9.17) is 9.47 Å². The van der Waals surface area contributed by atoms with Crippen LogP contribution in [0.4, 0.5) is 0 Å². The monoisotopic (exact) mass is 412 g/mol. The third kappa shape index (κ3) is 3.06. The summed E-state index contributed by atoms with van der Waals surface area (Å²) < 4.78 is 12.5. The SMILES string of the molecule is O=C1O[C@H]2C(OC(CO)[C@@H](O)C2O)c2cccc(Cc3cc4ccccc4s3)c21. The average molecular weight is 412 g/mol. The number of aliphatic hydroxyl groups excluding tert-OH is 3. The van der Waals surface area contributed by atoms with Crippen LogP contribution >= 0.6 is 11.3 Å². The molecule has 0 bridgehead atoms. The van der Waals surface area contributed by atoms with Gasteiger partial charge in [0.2, 0.25) is 0 Å². The number of hydrogen-bond donors (Lipinski definition) is 3. The predicted molar refractivity (Wildman–Crippen MR) is 107 cm³/mol. The molecule has 1 fully saturated rings. The smallest absolute Gasteiger partial charge is 0.339 e. The van der Waals surface area contributed by atoms with Gasteiger partial charge < -0.3 is 24.8 Å². The molecule has 6 nitrogen and oxygen atoms in total. The molecule has 2 aromatic carbocycles. The zero-order chi connectivity index (χ0) is 20.1. The number of fused-ring (bicyclic) bond motifs is 4. The van der Waals surface area contributed by atoms with Crippen molar-refractivity contribution in [1.82, 2.24) is 0 Å². The minimum atomic E-state index is -1.32. The van der Waals surface area contributed by atoms with Crippen molar-refractivity contribution < 1.29 is 29.6 Å². The summed E-state index contributed by atoms with van der Waals surface area (Å²) in [5, 5.41) is 31.1. The molecule has 0 aliphatic carbocycles. The third-order valence-electron chi connectivity index (χ3n) is 5.65. The molecule has 29 heavy (non-hydrogen) atoms. The van der Waals surface area contributed by atoms with Gasteiger partial charge in [0.1, 0.15) is 24.4 Å².